The van der Waals surface area contributed by atoms with E-state index in [0.29, 0.717) is 13.2 Å². The highest BCUT2D eigenvalue weighted by Crippen LogP contribution is 2.15. The molecule has 0 saturated carbocycles. The smallest absolute Gasteiger partial charge is 0.128 e. The van der Waals surface area contributed by atoms with Gasteiger partial charge in [0, 0.05) is 11.8 Å². The largest absolute Gasteiger partial charge is 0.493 e. The van der Waals surface area contributed by atoms with E-state index in [9.17, 15) is 0 Å². The molecule has 3 heteroatoms. The number of benzene rings is 1. The van der Waals surface area contributed by atoms with E-state index in [4.69, 9.17) is 9.84 Å². The van der Waals surface area contributed by atoms with Gasteiger partial charge in [-0.05, 0) is 19.1 Å². The van der Waals surface area contributed by atoms with Gasteiger partial charge in [0.1, 0.15) is 5.75 Å². The number of ether oxygens (including phenoxy) is 1. The standard InChI is InChI=1S/C11H15NO2/c1-2-14-11-6-4-3-5-10(11)9-12-7-8-13/h3-6,9,13H,2,7-8H2,1H3. The second kappa shape index (κ2) is 6.16. The van der Waals surface area contributed by atoms with Gasteiger partial charge in [0.2, 0.25) is 0 Å². The molecular weight excluding hydrogens is 178 g/mol. The zero-order chi connectivity index (χ0) is 10.2. The minimum absolute atomic E-state index is 0.0767. The van der Waals surface area contributed by atoms with Crippen molar-refractivity contribution in [3.8, 4) is 5.75 Å². The lowest BCUT2D eigenvalue weighted by molar-refractivity contribution is 0.307. The van der Waals surface area contributed by atoms with Crippen LogP contribution in [0, 0.1) is 0 Å². The molecule has 0 fully saturated rings. The Morgan fingerprint density at radius 3 is 2.93 bits per heavy atom. The Labute approximate surface area is 84.1 Å². The zero-order valence-electron chi connectivity index (χ0n) is 8.31. The summed E-state index contributed by atoms with van der Waals surface area (Å²) in [6.07, 6.45) is 1.72. The molecule has 1 aromatic carbocycles. The molecule has 0 saturated heterocycles. The van der Waals surface area contributed by atoms with Gasteiger partial charge in [-0.3, -0.25) is 4.99 Å². The Morgan fingerprint density at radius 2 is 2.21 bits per heavy atom. The highest BCUT2D eigenvalue weighted by atomic mass is 16.5. The summed E-state index contributed by atoms with van der Waals surface area (Å²) in [6.45, 7) is 3.10. The third-order valence-electron chi connectivity index (χ3n) is 1.68. The van der Waals surface area contributed by atoms with Gasteiger partial charge in [-0.25, -0.2) is 0 Å². The fourth-order valence-corrected chi connectivity index (χ4v) is 1.09. The maximum Gasteiger partial charge on any atom is 0.128 e. The molecule has 14 heavy (non-hydrogen) atoms. The molecule has 1 N–H and O–H groups in total. The van der Waals surface area contributed by atoms with Crippen LogP contribution in [0.1, 0.15) is 12.5 Å². The third kappa shape index (κ3) is 3.18. The van der Waals surface area contributed by atoms with Crippen molar-refractivity contribution in [3.63, 3.8) is 0 Å². The Balaban J connectivity index is 2.73. The topological polar surface area (TPSA) is 41.8 Å². The summed E-state index contributed by atoms with van der Waals surface area (Å²) in [5.74, 6) is 0.830. The van der Waals surface area contributed by atoms with Gasteiger partial charge >= 0.3 is 0 Å². The number of nitrogens with zero attached hydrogens (tertiary/aromatic N) is 1. The molecule has 0 aromatic heterocycles. The maximum atomic E-state index is 8.57. The first-order valence-electron chi connectivity index (χ1n) is 4.71. The molecule has 0 unspecified atom stereocenters. The van der Waals surface area contributed by atoms with E-state index >= 15 is 0 Å². The van der Waals surface area contributed by atoms with Crippen LogP contribution in [0.2, 0.25) is 0 Å². The molecule has 1 aromatic rings. The van der Waals surface area contributed by atoms with Crippen LogP contribution in [0.25, 0.3) is 0 Å². The van der Waals surface area contributed by atoms with Gasteiger partial charge in [0.25, 0.3) is 0 Å². The van der Waals surface area contributed by atoms with Gasteiger partial charge < -0.3 is 9.84 Å². The summed E-state index contributed by atoms with van der Waals surface area (Å²) < 4.78 is 5.41. The van der Waals surface area contributed by atoms with E-state index in [2.05, 4.69) is 4.99 Å². The van der Waals surface area contributed by atoms with E-state index in [0.717, 1.165) is 11.3 Å². The lowest BCUT2D eigenvalue weighted by atomic mass is 10.2. The van der Waals surface area contributed by atoms with Crippen LogP contribution in [0.4, 0.5) is 0 Å². The van der Waals surface area contributed by atoms with Crippen molar-refractivity contribution >= 4 is 6.21 Å². The molecule has 0 aliphatic heterocycles. The number of rotatable bonds is 5. The van der Waals surface area contributed by atoms with Crippen LogP contribution in [-0.4, -0.2) is 31.1 Å². The van der Waals surface area contributed by atoms with Crippen LogP contribution in [0.5, 0.6) is 5.75 Å². The second-order valence-corrected chi connectivity index (χ2v) is 2.73. The number of hydrogen-bond acceptors (Lipinski definition) is 3. The van der Waals surface area contributed by atoms with Crippen LogP contribution in [0.3, 0.4) is 0 Å². The van der Waals surface area contributed by atoms with Crippen molar-refractivity contribution in [2.45, 2.75) is 6.92 Å². The molecule has 3 nitrogen and oxygen atoms in total. The van der Waals surface area contributed by atoms with Gasteiger partial charge in [-0.15, -0.1) is 0 Å². The Bertz CT molecular complexity index is 297. The molecule has 0 spiro atoms. The van der Waals surface area contributed by atoms with Crippen molar-refractivity contribution in [2.75, 3.05) is 19.8 Å². The summed E-state index contributed by atoms with van der Waals surface area (Å²) in [4.78, 5) is 4.05. The Kier molecular flexibility index (Phi) is 4.72. The normalized spacial score (nSPS) is 10.7. The zero-order valence-corrected chi connectivity index (χ0v) is 8.31. The lowest BCUT2D eigenvalue weighted by Crippen LogP contribution is -1.96. The third-order valence-corrected chi connectivity index (χ3v) is 1.68. The minimum atomic E-state index is 0.0767. The summed E-state index contributed by atoms with van der Waals surface area (Å²) in [5, 5.41) is 8.57. The molecule has 0 radical (unpaired) electrons. The van der Waals surface area contributed by atoms with Gasteiger partial charge in [0.05, 0.1) is 19.8 Å². The predicted molar refractivity (Wildman–Crippen MR) is 57.2 cm³/mol. The fourth-order valence-electron chi connectivity index (χ4n) is 1.09. The second-order valence-electron chi connectivity index (χ2n) is 2.73. The van der Waals surface area contributed by atoms with Gasteiger partial charge in [-0.2, -0.15) is 0 Å². The SMILES string of the molecule is CCOc1ccccc1C=NCCO. The highest BCUT2D eigenvalue weighted by molar-refractivity contribution is 5.83. The molecule has 0 aliphatic carbocycles. The predicted octanol–water partition coefficient (Wildman–Crippen LogP) is 1.50. The molecule has 0 heterocycles. The molecule has 1 rings (SSSR count). The van der Waals surface area contributed by atoms with Crippen molar-refractivity contribution in [1.29, 1.82) is 0 Å². The van der Waals surface area contributed by atoms with Crippen LogP contribution in [-0.2, 0) is 0 Å². The number of aliphatic hydroxyl groups excluding tert-OH is 1. The van der Waals surface area contributed by atoms with Crippen molar-refractivity contribution in [2.24, 2.45) is 4.99 Å². The first kappa shape index (κ1) is 10.7. The van der Waals surface area contributed by atoms with Crippen LogP contribution >= 0.6 is 0 Å². The molecule has 0 amide bonds. The van der Waals surface area contributed by atoms with E-state index in [1.54, 1.807) is 6.21 Å². The van der Waals surface area contributed by atoms with Crippen molar-refractivity contribution in [3.05, 3.63) is 29.8 Å². The van der Waals surface area contributed by atoms with Crippen LogP contribution < -0.4 is 4.74 Å². The molecule has 0 aliphatic rings. The monoisotopic (exact) mass is 193 g/mol. The minimum Gasteiger partial charge on any atom is -0.493 e. The van der Waals surface area contributed by atoms with Gasteiger partial charge in [-0.1, -0.05) is 12.1 Å². The van der Waals surface area contributed by atoms with E-state index in [-0.39, 0.29) is 6.61 Å². The molecule has 0 bridgehead atoms. The first-order valence-corrected chi connectivity index (χ1v) is 4.71. The van der Waals surface area contributed by atoms with Crippen molar-refractivity contribution in [1.82, 2.24) is 0 Å². The number of hydrogen-bond donors (Lipinski definition) is 1. The summed E-state index contributed by atoms with van der Waals surface area (Å²) in [5.41, 5.74) is 0.947. The van der Waals surface area contributed by atoms with Gasteiger partial charge in [0.15, 0.2) is 0 Å². The van der Waals surface area contributed by atoms with E-state index in [1.807, 2.05) is 31.2 Å². The average Bonchev–Trinajstić information content (AvgIpc) is 2.21. The average molecular weight is 193 g/mol. The number of aliphatic hydroxyl groups is 1. The fraction of sp³-hybridized carbons (Fsp3) is 0.364. The van der Waals surface area contributed by atoms with E-state index < -0.39 is 0 Å². The Hall–Kier alpha value is -1.35. The highest BCUT2D eigenvalue weighted by Gasteiger charge is 1.97. The molecule has 76 valence electrons. The lowest BCUT2D eigenvalue weighted by Gasteiger charge is -2.05. The quantitative estimate of drug-likeness (QED) is 0.720. The first-order chi connectivity index (χ1) is 6.88. The number of para-hydroxylation sites is 1. The van der Waals surface area contributed by atoms with Crippen molar-refractivity contribution < 1.29 is 9.84 Å². The van der Waals surface area contributed by atoms with Crippen LogP contribution in [0.15, 0.2) is 29.3 Å². The molecular formula is C11H15NO2. The summed E-state index contributed by atoms with van der Waals surface area (Å²) >= 11 is 0. The summed E-state index contributed by atoms with van der Waals surface area (Å²) in [7, 11) is 0. The summed E-state index contributed by atoms with van der Waals surface area (Å²) in [6, 6.07) is 7.70. The van der Waals surface area contributed by atoms with E-state index in [1.165, 1.54) is 0 Å². The number of aliphatic imine (C=N–C) groups is 1. The molecule has 0 atom stereocenters. The Morgan fingerprint density at radius 1 is 1.43 bits per heavy atom. The maximum absolute atomic E-state index is 8.57.